The van der Waals surface area contributed by atoms with Crippen LogP contribution in [0.3, 0.4) is 0 Å². The van der Waals surface area contributed by atoms with Crippen LogP contribution < -0.4 is 14.4 Å². The van der Waals surface area contributed by atoms with Crippen LogP contribution in [0, 0.1) is 0 Å². The Morgan fingerprint density at radius 2 is 2.00 bits per heavy atom. The van der Waals surface area contributed by atoms with E-state index >= 15 is 0 Å². The molecule has 0 spiro atoms. The standard InChI is InChI=1S/C21H27F3N4O6S/c1-4-27-13-17(18(26-27)33-11-10-29)35(31,32)28-9-5-6-14-7-8-15(12-16(14)28)25-19(30)34-20(2,3)21(22,23)24/h7-8,12-13,29H,4-6,9-11H2,1-3H3,(H,25,30). The largest absolute Gasteiger partial charge is 0.473 e. The third-order valence-electron chi connectivity index (χ3n) is 5.36. The van der Waals surface area contributed by atoms with Crippen LogP contribution in [0.4, 0.5) is 29.3 Å². The second kappa shape index (κ2) is 9.93. The molecule has 1 aromatic heterocycles. The van der Waals surface area contributed by atoms with E-state index < -0.39 is 27.9 Å². The number of carbonyl (C=O) groups is 1. The molecule has 2 N–H and O–H groups in total. The third kappa shape index (κ3) is 5.64. The van der Waals surface area contributed by atoms with Crippen LogP contribution in [0.15, 0.2) is 29.3 Å². The zero-order chi connectivity index (χ0) is 26.0. The molecule has 14 heteroatoms. The summed E-state index contributed by atoms with van der Waals surface area (Å²) in [6.07, 6.45) is -3.69. The fraction of sp³-hybridized carbons (Fsp3) is 0.524. The number of sulfonamides is 1. The molecule has 0 fully saturated rings. The Bertz CT molecular complexity index is 1180. The predicted molar refractivity (Wildman–Crippen MR) is 120 cm³/mol. The highest BCUT2D eigenvalue weighted by Crippen LogP contribution is 2.37. The number of aliphatic hydroxyl groups excluding tert-OH is 1. The number of amides is 1. The highest BCUT2D eigenvalue weighted by Gasteiger charge is 2.51. The van der Waals surface area contributed by atoms with Gasteiger partial charge in [-0.1, -0.05) is 6.07 Å². The molecular weight excluding hydrogens is 493 g/mol. The second-order valence-corrected chi connectivity index (χ2v) is 10.1. The van der Waals surface area contributed by atoms with Crippen LogP contribution in [0.1, 0.15) is 32.8 Å². The summed E-state index contributed by atoms with van der Waals surface area (Å²) in [5.74, 6) is -0.153. The number of nitrogens with one attached hydrogen (secondary N) is 1. The fourth-order valence-electron chi connectivity index (χ4n) is 3.39. The van der Waals surface area contributed by atoms with Crippen molar-refractivity contribution in [2.45, 2.75) is 56.8 Å². The van der Waals surface area contributed by atoms with Crippen molar-refractivity contribution in [3.63, 3.8) is 0 Å². The second-order valence-electron chi connectivity index (χ2n) is 8.27. The third-order valence-corrected chi connectivity index (χ3v) is 7.15. The molecule has 0 aliphatic carbocycles. The number of alkyl halides is 3. The van der Waals surface area contributed by atoms with Crippen molar-refractivity contribution < 1.29 is 41.0 Å². The zero-order valence-corrected chi connectivity index (χ0v) is 20.2. The summed E-state index contributed by atoms with van der Waals surface area (Å²) in [4.78, 5) is 11.9. The Labute approximate surface area is 200 Å². The number of rotatable bonds is 8. The van der Waals surface area contributed by atoms with Crippen LogP contribution in [-0.2, 0) is 27.7 Å². The number of aryl methyl sites for hydroxylation is 2. The molecule has 35 heavy (non-hydrogen) atoms. The number of benzene rings is 1. The topological polar surface area (TPSA) is 123 Å². The summed E-state index contributed by atoms with van der Waals surface area (Å²) < 4.78 is 78.7. The van der Waals surface area contributed by atoms with Crippen LogP contribution in [-0.4, -0.2) is 60.9 Å². The van der Waals surface area contributed by atoms with Crippen molar-refractivity contribution in [2.75, 3.05) is 29.4 Å². The van der Waals surface area contributed by atoms with Gasteiger partial charge < -0.3 is 14.6 Å². The molecule has 2 heterocycles. The first-order valence-electron chi connectivity index (χ1n) is 10.8. The van der Waals surface area contributed by atoms with Crippen molar-refractivity contribution in [1.82, 2.24) is 9.78 Å². The molecule has 10 nitrogen and oxygen atoms in total. The molecule has 1 aliphatic rings. The molecule has 0 bridgehead atoms. The van der Waals surface area contributed by atoms with E-state index in [1.165, 1.54) is 23.0 Å². The van der Waals surface area contributed by atoms with Crippen molar-refractivity contribution in [1.29, 1.82) is 0 Å². The van der Waals surface area contributed by atoms with Gasteiger partial charge in [0.2, 0.25) is 5.60 Å². The minimum Gasteiger partial charge on any atom is -0.473 e. The van der Waals surface area contributed by atoms with Gasteiger partial charge in [-0.05, 0) is 51.3 Å². The number of nitrogens with zero attached hydrogens (tertiary/aromatic N) is 3. The van der Waals surface area contributed by atoms with E-state index in [1.807, 2.05) is 0 Å². The van der Waals surface area contributed by atoms with Crippen LogP contribution in [0.2, 0.25) is 0 Å². The Balaban J connectivity index is 1.92. The summed E-state index contributed by atoms with van der Waals surface area (Å²) >= 11 is 0. The van der Waals surface area contributed by atoms with Gasteiger partial charge in [0, 0.05) is 25.0 Å². The molecule has 194 valence electrons. The molecule has 1 aromatic carbocycles. The number of aliphatic hydroxyl groups is 1. The Morgan fingerprint density at radius 3 is 2.63 bits per heavy atom. The average molecular weight is 521 g/mol. The van der Waals surface area contributed by atoms with Gasteiger partial charge in [-0.15, -0.1) is 5.10 Å². The lowest BCUT2D eigenvalue weighted by Gasteiger charge is -2.31. The fourth-order valence-corrected chi connectivity index (χ4v) is 5.00. The Kier molecular flexibility index (Phi) is 7.55. The summed E-state index contributed by atoms with van der Waals surface area (Å²) in [7, 11) is -4.17. The number of halogens is 3. The van der Waals surface area contributed by atoms with Crippen molar-refractivity contribution in [3.05, 3.63) is 30.0 Å². The molecule has 0 radical (unpaired) electrons. The Hall–Kier alpha value is -3.00. The molecule has 0 saturated heterocycles. The van der Waals surface area contributed by atoms with E-state index in [-0.39, 0.29) is 41.9 Å². The van der Waals surface area contributed by atoms with E-state index in [4.69, 9.17) is 9.84 Å². The van der Waals surface area contributed by atoms with E-state index in [0.29, 0.717) is 24.9 Å². The molecule has 2 aromatic rings. The monoisotopic (exact) mass is 520 g/mol. The van der Waals surface area contributed by atoms with Gasteiger partial charge in [0.05, 0.1) is 12.3 Å². The first-order chi connectivity index (χ1) is 16.3. The number of ether oxygens (including phenoxy) is 2. The molecule has 1 aliphatic heterocycles. The lowest BCUT2D eigenvalue weighted by atomic mass is 10.0. The summed E-state index contributed by atoms with van der Waals surface area (Å²) in [5, 5.41) is 15.4. The average Bonchev–Trinajstić information content (AvgIpc) is 3.20. The van der Waals surface area contributed by atoms with Gasteiger partial charge in [0.15, 0.2) is 4.90 Å². The number of anilines is 2. The van der Waals surface area contributed by atoms with Gasteiger partial charge in [-0.2, -0.15) is 13.2 Å². The number of hydrogen-bond donors (Lipinski definition) is 2. The van der Waals surface area contributed by atoms with Crippen molar-refractivity contribution in [3.8, 4) is 5.88 Å². The quantitative estimate of drug-likeness (QED) is 0.548. The molecular formula is C21H27F3N4O6S. The Morgan fingerprint density at radius 1 is 1.29 bits per heavy atom. The summed E-state index contributed by atoms with van der Waals surface area (Å²) in [6.45, 7) is 3.24. The van der Waals surface area contributed by atoms with Crippen molar-refractivity contribution >= 4 is 27.5 Å². The molecule has 0 atom stereocenters. The van der Waals surface area contributed by atoms with Gasteiger partial charge in [0.25, 0.3) is 15.9 Å². The SMILES string of the molecule is CCn1cc(S(=O)(=O)N2CCCc3ccc(NC(=O)OC(C)(C)C(F)(F)F)cc32)c(OCCO)n1. The smallest absolute Gasteiger partial charge is 0.427 e. The maximum absolute atomic E-state index is 13.6. The van der Waals surface area contributed by atoms with Crippen LogP contribution in [0.25, 0.3) is 0 Å². The van der Waals surface area contributed by atoms with Crippen molar-refractivity contribution in [2.24, 2.45) is 0 Å². The maximum atomic E-state index is 13.6. The molecule has 0 unspecified atom stereocenters. The number of fused-ring (bicyclic) bond motifs is 1. The molecule has 1 amide bonds. The van der Waals surface area contributed by atoms with Gasteiger partial charge in [-0.25, -0.2) is 13.2 Å². The zero-order valence-electron chi connectivity index (χ0n) is 19.4. The van der Waals surface area contributed by atoms with E-state index in [1.54, 1.807) is 13.0 Å². The normalized spacial score (nSPS) is 14.4. The van der Waals surface area contributed by atoms with Gasteiger partial charge >= 0.3 is 12.3 Å². The van der Waals surface area contributed by atoms with E-state index in [2.05, 4.69) is 15.2 Å². The first kappa shape index (κ1) is 26.6. The van der Waals surface area contributed by atoms with E-state index in [0.717, 1.165) is 18.2 Å². The summed E-state index contributed by atoms with van der Waals surface area (Å²) in [6, 6.07) is 4.42. The number of hydrogen-bond acceptors (Lipinski definition) is 7. The number of aromatic nitrogens is 2. The molecule has 0 saturated carbocycles. The number of carbonyl (C=O) groups excluding carboxylic acids is 1. The maximum Gasteiger partial charge on any atom is 0.427 e. The van der Waals surface area contributed by atoms with Crippen LogP contribution in [0.5, 0.6) is 5.88 Å². The minimum absolute atomic E-state index is 0.0647. The highest BCUT2D eigenvalue weighted by atomic mass is 32.2. The highest BCUT2D eigenvalue weighted by molar-refractivity contribution is 7.93. The van der Waals surface area contributed by atoms with Crippen LogP contribution >= 0.6 is 0 Å². The summed E-state index contributed by atoms with van der Waals surface area (Å²) in [5.41, 5.74) is -1.71. The predicted octanol–water partition coefficient (Wildman–Crippen LogP) is 3.31. The minimum atomic E-state index is -4.77. The lowest BCUT2D eigenvalue weighted by Crippen LogP contribution is -2.44. The van der Waals surface area contributed by atoms with Gasteiger partial charge in [0.1, 0.15) is 6.61 Å². The van der Waals surface area contributed by atoms with E-state index in [9.17, 15) is 26.4 Å². The lowest BCUT2D eigenvalue weighted by molar-refractivity contribution is -0.242. The van der Waals surface area contributed by atoms with Gasteiger partial charge in [-0.3, -0.25) is 14.3 Å². The molecule has 3 rings (SSSR count). The first-order valence-corrected chi connectivity index (χ1v) is 12.3.